The molecule has 0 fully saturated rings. The first-order valence-electron chi connectivity index (χ1n) is 8.32. The number of pyridine rings is 1. The van der Waals surface area contributed by atoms with Crippen molar-refractivity contribution in [1.82, 2.24) is 9.55 Å². The Morgan fingerprint density at radius 1 is 1.15 bits per heavy atom. The molecule has 0 saturated carbocycles. The molecule has 0 atom stereocenters. The van der Waals surface area contributed by atoms with Crippen molar-refractivity contribution in [3.8, 4) is 11.3 Å². The van der Waals surface area contributed by atoms with E-state index in [2.05, 4.69) is 4.98 Å². The smallest absolute Gasteiger partial charge is 0.323 e. The number of aryl methyl sites for hydroxylation is 1. The molecule has 0 spiro atoms. The van der Waals surface area contributed by atoms with Crippen LogP contribution in [0.3, 0.4) is 0 Å². The molecular weight excluding hydrogens is 331 g/mol. The lowest BCUT2D eigenvalue weighted by atomic mass is 10.0. The SMILES string of the molecule is Cc1ccc2c(c1)c(-c1ccc3cccc(F)c3n1)c(C)n2CC(=O)O. The van der Waals surface area contributed by atoms with Crippen LogP contribution >= 0.6 is 0 Å². The summed E-state index contributed by atoms with van der Waals surface area (Å²) >= 11 is 0. The van der Waals surface area contributed by atoms with Crippen LogP contribution in [0.4, 0.5) is 4.39 Å². The van der Waals surface area contributed by atoms with Gasteiger partial charge in [-0.15, -0.1) is 0 Å². The maximum atomic E-state index is 14.2. The third-order valence-electron chi connectivity index (χ3n) is 4.70. The van der Waals surface area contributed by atoms with Gasteiger partial charge < -0.3 is 9.67 Å². The molecular formula is C21H17FN2O2. The molecule has 1 N–H and O–H groups in total. The summed E-state index contributed by atoms with van der Waals surface area (Å²) in [4.78, 5) is 15.9. The number of carboxylic acids is 1. The molecule has 130 valence electrons. The molecule has 4 aromatic rings. The summed E-state index contributed by atoms with van der Waals surface area (Å²) in [5.41, 5.74) is 4.50. The van der Waals surface area contributed by atoms with Gasteiger partial charge in [-0.25, -0.2) is 9.37 Å². The monoisotopic (exact) mass is 348 g/mol. The largest absolute Gasteiger partial charge is 0.480 e. The molecule has 2 heterocycles. The molecule has 2 aromatic heterocycles. The molecule has 0 aliphatic heterocycles. The van der Waals surface area contributed by atoms with E-state index >= 15 is 0 Å². The van der Waals surface area contributed by atoms with Gasteiger partial charge in [0.1, 0.15) is 17.9 Å². The van der Waals surface area contributed by atoms with Crippen molar-refractivity contribution in [2.24, 2.45) is 0 Å². The standard InChI is InChI=1S/C21H17FN2O2/c1-12-6-9-18-15(10-12)20(13(2)24(18)11-19(25)26)17-8-7-14-4-3-5-16(22)21(14)23-17/h3-10H,11H2,1-2H3,(H,25,26). The van der Waals surface area contributed by atoms with Crippen LogP contribution in [0.1, 0.15) is 11.3 Å². The van der Waals surface area contributed by atoms with E-state index in [1.807, 2.05) is 50.2 Å². The van der Waals surface area contributed by atoms with Crippen molar-refractivity contribution in [2.45, 2.75) is 20.4 Å². The van der Waals surface area contributed by atoms with E-state index in [0.29, 0.717) is 11.2 Å². The van der Waals surface area contributed by atoms with Crippen molar-refractivity contribution >= 4 is 27.8 Å². The lowest BCUT2D eigenvalue weighted by Crippen LogP contribution is -2.09. The Bertz CT molecular complexity index is 1180. The fourth-order valence-corrected chi connectivity index (χ4v) is 3.51. The highest BCUT2D eigenvalue weighted by molar-refractivity contribution is 5.99. The number of carbonyl (C=O) groups is 1. The first kappa shape index (κ1) is 16.3. The Morgan fingerprint density at radius 2 is 1.96 bits per heavy atom. The molecule has 4 nitrogen and oxygen atoms in total. The molecule has 0 radical (unpaired) electrons. The van der Waals surface area contributed by atoms with E-state index in [-0.39, 0.29) is 12.4 Å². The lowest BCUT2D eigenvalue weighted by molar-refractivity contribution is -0.137. The molecule has 0 aliphatic rings. The maximum absolute atomic E-state index is 14.2. The van der Waals surface area contributed by atoms with Gasteiger partial charge in [-0.3, -0.25) is 4.79 Å². The van der Waals surface area contributed by atoms with E-state index in [1.54, 1.807) is 10.6 Å². The Morgan fingerprint density at radius 3 is 2.73 bits per heavy atom. The number of fused-ring (bicyclic) bond motifs is 2. The van der Waals surface area contributed by atoms with Crippen LogP contribution in [0.15, 0.2) is 48.5 Å². The Labute approximate surface area is 149 Å². The number of aliphatic carboxylic acids is 1. The summed E-state index contributed by atoms with van der Waals surface area (Å²) in [5.74, 6) is -1.28. The molecule has 0 aliphatic carbocycles. The third kappa shape index (κ3) is 2.52. The number of hydrogen-bond acceptors (Lipinski definition) is 2. The van der Waals surface area contributed by atoms with Crippen molar-refractivity contribution in [2.75, 3.05) is 0 Å². The van der Waals surface area contributed by atoms with Crippen molar-refractivity contribution in [3.63, 3.8) is 0 Å². The van der Waals surface area contributed by atoms with Crippen molar-refractivity contribution in [1.29, 1.82) is 0 Å². The number of nitrogens with zero attached hydrogens (tertiary/aromatic N) is 2. The van der Waals surface area contributed by atoms with Crippen LogP contribution in [0.25, 0.3) is 33.1 Å². The first-order valence-corrected chi connectivity index (χ1v) is 8.32. The van der Waals surface area contributed by atoms with Crippen molar-refractivity contribution < 1.29 is 14.3 Å². The summed E-state index contributed by atoms with van der Waals surface area (Å²) in [5, 5.41) is 10.9. The van der Waals surface area contributed by atoms with Crippen LogP contribution < -0.4 is 0 Å². The van der Waals surface area contributed by atoms with E-state index < -0.39 is 5.97 Å². The predicted molar refractivity (Wildman–Crippen MR) is 99.7 cm³/mol. The minimum absolute atomic E-state index is 0.132. The zero-order chi connectivity index (χ0) is 18.4. The zero-order valence-electron chi connectivity index (χ0n) is 14.5. The summed E-state index contributed by atoms with van der Waals surface area (Å²) in [6.07, 6.45) is 0. The Hall–Kier alpha value is -3.21. The predicted octanol–water partition coefficient (Wildman–Crippen LogP) is 4.70. The minimum Gasteiger partial charge on any atom is -0.480 e. The summed E-state index contributed by atoms with van der Waals surface area (Å²) < 4.78 is 16.0. The highest BCUT2D eigenvalue weighted by Crippen LogP contribution is 2.35. The fraction of sp³-hybridized carbons (Fsp3) is 0.143. The second-order valence-corrected chi connectivity index (χ2v) is 6.47. The van der Waals surface area contributed by atoms with Gasteiger partial charge in [-0.2, -0.15) is 0 Å². The van der Waals surface area contributed by atoms with Gasteiger partial charge in [0.2, 0.25) is 0 Å². The van der Waals surface area contributed by atoms with Crippen LogP contribution in [-0.4, -0.2) is 20.6 Å². The average Bonchev–Trinajstić information content (AvgIpc) is 2.86. The van der Waals surface area contributed by atoms with Gasteiger partial charge in [0, 0.05) is 27.5 Å². The van der Waals surface area contributed by atoms with Crippen LogP contribution in [-0.2, 0) is 11.3 Å². The Balaban J connectivity index is 2.05. The van der Waals surface area contributed by atoms with Crippen LogP contribution in [0.2, 0.25) is 0 Å². The lowest BCUT2D eigenvalue weighted by Gasteiger charge is -2.06. The maximum Gasteiger partial charge on any atom is 0.323 e. The highest BCUT2D eigenvalue weighted by atomic mass is 19.1. The number of hydrogen-bond donors (Lipinski definition) is 1. The molecule has 0 saturated heterocycles. The van der Waals surface area contributed by atoms with Gasteiger partial charge in [-0.05, 0) is 38.1 Å². The number of aromatic nitrogens is 2. The van der Waals surface area contributed by atoms with E-state index in [4.69, 9.17) is 0 Å². The topological polar surface area (TPSA) is 55.1 Å². The second-order valence-electron chi connectivity index (χ2n) is 6.47. The second kappa shape index (κ2) is 5.95. The van der Waals surface area contributed by atoms with Gasteiger partial charge in [-0.1, -0.05) is 29.8 Å². The molecule has 2 aromatic carbocycles. The van der Waals surface area contributed by atoms with Crippen molar-refractivity contribution in [3.05, 3.63) is 65.6 Å². The summed E-state index contributed by atoms with van der Waals surface area (Å²) in [6.45, 7) is 3.73. The van der Waals surface area contributed by atoms with E-state index in [9.17, 15) is 14.3 Å². The van der Waals surface area contributed by atoms with Crippen LogP contribution in [0, 0.1) is 19.7 Å². The highest BCUT2D eigenvalue weighted by Gasteiger charge is 2.19. The molecule has 0 unspecified atom stereocenters. The number of para-hydroxylation sites is 1. The van der Waals surface area contributed by atoms with Gasteiger partial charge in [0.15, 0.2) is 0 Å². The first-order chi connectivity index (χ1) is 12.5. The van der Waals surface area contributed by atoms with E-state index in [1.165, 1.54) is 6.07 Å². The van der Waals surface area contributed by atoms with Crippen LogP contribution in [0.5, 0.6) is 0 Å². The molecule has 4 rings (SSSR count). The summed E-state index contributed by atoms with van der Waals surface area (Å²) in [6, 6.07) is 14.5. The number of benzene rings is 2. The molecule has 5 heteroatoms. The molecule has 26 heavy (non-hydrogen) atoms. The summed E-state index contributed by atoms with van der Waals surface area (Å²) in [7, 11) is 0. The minimum atomic E-state index is -0.908. The van der Waals surface area contributed by atoms with Gasteiger partial charge >= 0.3 is 5.97 Å². The quantitative estimate of drug-likeness (QED) is 0.584. The van der Waals surface area contributed by atoms with Gasteiger partial charge in [0.05, 0.1) is 5.69 Å². The van der Waals surface area contributed by atoms with E-state index in [0.717, 1.165) is 33.1 Å². The zero-order valence-corrected chi connectivity index (χ0v) is 14.5. The molecule has 0 amide bonds. The normalized spacial score (nSPS) is 11.3. The number of halogens is 1. The molecule has 0 bridgehead atoms. The fourth-order valence-electron chi connectivity index (χ4n) is 3.51. The van der Waals surface area contributed by atoms with Gasteiger partial charge in [0.25, 0.3) is 0 Å². The average molecular weight is 348 g/mol. The number of rotatable bonds is 3. The third-order valence-corrected chi connectivity index (χ3v) is 4.70. The number of carboxylic acid groups (broad SMARTS) is 1. The Kier molecular flexibility index (Phi) is 3.72.